The number of aromatic nitrogens is 1. The molecular weight excluding hydrogens is 272 g/mol. The Hall–Kier alpha value is -2.03. The smallest absolute Gasteiger partial charge is 0.119 e. The van der Waals surface area contributed by atoms with Gasteiger partial charge in [-0.1, -0.05) is 33.8 Å². The molecule has 1 atom stereocenters. The molecule has 0 radical (unpaired) electrons. The van der Waals surface area contributed by atoms with E-state index in [0.29, 0.717) is 0 Å². The van der Waals surface area contributed by atoms with E-state index in [2.05, 4.69) is 36.0 Å². The first-order valence-electron chi connectivity index (χ1n) is 8.00. The Morgan fingerprint density at radius 3 is 2.00 bits per heavy atom. The molecular formula is C19H30N2O. The van der Waals surface area contributed by atoms with E-state index in [1.807, 2.05) is 64.2 Å². The van der Waals surface area contributed by atoms with E-state index in [-0.39, 0.29) is 6.04 Å². The molecule has 0 fully saturated rings. The van der Waals surface area contributed by atoms with Crippen LogP contribution < -0.4 is 9.64 Å². The van der Waals surface area contributed by atoms with Gasteiger partial charge in [-0.15, -0.1) is 0 Å². The molecule has 0 amide bonds. The first-order chi connectivity index (χ1) is 10.7. The summed E-state index contributed by atoms with van der Waals surface area (Å²) in [5.41, 5.74) is 2.21. The topological polar surface area (TPSA) is 25.4 Å². The van der Waals surface area contributed by atoms with E-state index < -0.39 is 0 Å². The zero-order valence-corrected chi connectivity index (χ0v) is 15.0. The van der Waals surface area contributed by atoms with Crippen molar-refractivity contribution in [3.05, 3.63) is 54.4 Å². The number of pyridine rings is 1. The first kappa shape index (κ1) is 20.0. The molecule has 1 aromatic heterocycles. The highest BCUT2D eigenvalue weighted by molar-refractivity contribution is 5.49. The Labute approximate surface area is 136 Å². The number of methoxy groups -OCH3 is 1. The van der Waals surface area contributed by atoms with E-state index in [4.69, 9.17) is 4.74 Å². The molecule has 0 aliphatic rings. The van der Waals surface area contributed by atoms with Gasteiger partial charge in [0.25, 0.3) is 0 Å². The molecule has 0 aliphatic heterocycles. The van der Waals surface area contributed by atoms with Gasteiger partial charge in [-0.05, 0) is 43.3 Å². The molecule has 0 saturated heterocycles. The van der Waals surface area contributed by atoms with E-state index in [1.165, 1.54) is 0 Å². The van der Waals surface area contributed by atoms with Gasteiger partial charge in [0.2, 0.25) is 0 Å². The Balaban J connectivity index is 0.00000102. The van der Waals surface area contributed by atoms with Gasteiger partial charge < -0.3 is 9.64 Å². The second-order valence-corrected chi connectivity index (χ2v) is 4.24. The maximum Gasteiger partial charge on any atom is 0.119 e. The molecule has 1 aromatic carbocycles. The molecule has 0 N–H and O–H groups in total. The molecule has 0 bridgehead atoms. The van der Waals surface area contributed by atoms with Crippen LogP contribution in [0.15, 0.2) is 48.7 Å². The second-order valence-electron chi connectivity index (χ2n) is 4.24. The summed E-state index contributed by atoms with van der Waals surface area (Å²) in [6, 6.07) is 14.3. The summed E-state index contributed by atoms with van der Waals surface area (Å²) < 4.78 is 5.16. The van der Waals surface area contributed by atoms with Crippen molar-refractivity contribution in [1.82, 2.24) is 4.98 Å². The molecule has 1 heterocycles. The third-order valence-electron chi connectivity index (χ3n) is 3.18. The normalized spacial score (nSPS) is 10.3. The van der Waals surface area contributed by atoms with Gasteiger partial charge in [-0.3, -0.25) is 4.98 Å². The average molecular weight is 302 g/mol. The molecule has 3 nitrogen and oxygen atoms in total. The van der Waals surface area contributed by atoms with E-state index >= 15 is 0 Å². The van der Waals surface area contributed by atoms with Crippen molar-refractivity contribution in [2.75, 3.05) is 19.1 Å². The molecule has 2 rings (SSSR count). The lowest BCUT2D eigenvalue weighted by Gasteiger charge is -2.26. The molecule has 0 saturated carbocycles. The Morgan fingerprint density at radius 1 is 0.955 bits per heavy atom. The van der Waals surface area contributed by atoms with Crippen molar-refractivity contribution in [2.24, 2.45) is 0 Å². The van der Waals surface area contributed by atoms with E-state index in [9.17, 15) is 0 Å². The Kier molecular flexibility index (Phi) is 10.5. The predicted molar refractivity (Wildman–Crippen MR) is 96.7 cm³/mol. The second kappa shape index (κ2) is 11.6. The molecule has 2 aromatic rings. The van der Waals surface area contributed by atoms with Crippen LogP contribution in [-0.2, 0) is 0 Å². The lowest BCUT2D eigenvalue weighted by molar-refractivity contribution is 0.415. The third kappa shape index (κ3) is 5.76. The molecule has 3 heteroatoms. The van der Waals surface area contributed by atoms with Crippen LogP contribution in [-0.4, -0.2) is 19.1 Å². The number of ether oxygens (including phenoxy) is 1. The minimum Gasteiger partial charge on any atom is -0.497 e. The SMILES string of the molecule is CC.CC.COc1ccc(N(C)C(C)c2ccccn2)cc1. The van der Waals surface area contributed by atoms with Gasteiger partial charge in [0, 0.05) is 18.9 Å². The quantitative estimate of drug-likeness (QED) is 0.762. The van der Waals surface area contributed by atoms with Crippen molar-refractivity contribution in [1.29, 1.82) is 0 Å². The fraction of sp³-hybridized carbons (Fsp3) is 0.421. The van der Waals surface area contributed by atoms with Crippen molar-refractivity contribution in [3.8, 4) is 5.75 Å². The van der Waals surface area contributed by atoms with Crippen LogP contribution >= 0.6 is 0 Å². The van der Waals surface area contributed by atoms with Crippen LogP contribution in [0, 0.1) is 0 Å². The molecule has 122 valence electrons. The number of hydrogen-bond acceptors (Lipinski definition) is 3. The minimum atomic E-state index is 0.236. The predicted octanol–water partition coefficient (Wildman–Crippen LogP) is 5.34. The van der Waals surface area contributed by atoms with Crippen LogP contribution in [0.2, 0.25) is 0 Å². The maximum atomic E-state index is 5.16. The van der Waals surface area contributed by atoms with Crippen LogP contribution in [0.1, 0.15) is 46.4 Å². The fourth-order valence-corrected chi connectivity index (χ4v) is 1.86. The fourth-order valence-electron chi connectivity index (χ4n) is 1.86. The lowest BCUT2D eigenvalue weighted by atomic mass is 10.1. The van der Waals surface area contributed by atoms with Crippen LogP contribution in [0.3, 0.4) is 0 Å². The number of rotatable bonds is 4. The summed E-state index contributed by atoms with van der Waals surface area (Å²) in [5.74, 6) is 0.873. The summed E-state index contributed by atoms with van der Waals surface area (Å²) in [4.78, 5) is 6.59. The average Bonchev–Trinajstić information content (AvgIpc) is 2.64. The van der Waals surface area contributed by atoms with Crippen LogP contribution in [0.25, 0.3) is 0 Å². The number of benzene rings is 1. The molecule has 22 heavy (non-hydrogen) atoms. The summed E-state index contributed by atoms with van der Waals surface area (Å²) in [7, 11) is 3.75. The van der Waals surface area contributed by atoms with Gasteiger partial charge in [-0.25, -0.2) is 0 Å². The van der Waals surface area contributed by atoms with Crippen LogP contribution in [0.4, 0.5) is 5.69 Å². The van der Waals surface area contributed by atoms with Gasteiger partial charge in [0.05, 0.1) is 18.8 Å². The first-order valence-corrected chi connectivity index (χ1v) is 8.00. The number of anilines is 1. The number of hydrogen-bond donors (Lipinski definition) is 0. The Bertz CT molecular complexity index is 483. The van der Waals surface area contributed by atoms with Crippen molar-refractivity contribution in [3.63, 3.8) is 0 Å². The highest BCUT2D eigenvalue weighted by Crippen LogP contribution is 2.25. The zero-order chi connectivity index (χ0) is 17.0. The van der Waals surface area contributed by atoms with Crippen molar-refractivity contribution >= 4 is 5.69 Å². The maximum absolute atomic E-state index is 5.16. The monoisotopic (exact) mass is 302 g/mol. The van der Waals surface area contributed by atoms with E-state index in [0.717, 1.165) is 17.1 Å². The van der Waals surface area contributed by atoms with Gasteiger partial charge in [0.1, 0.15) is 5.75 Å². The number of nitrogens with zero attached hydrogens (tertiary/aromatic N) is 2. The van der Waals surface area contributed by atoms with E-state index in [1.54, 1.807) is 7.11 Å². The Morgan fingerprint density at radius 2 is 1.55 bits per heavy atom. The summed E-state index contributed by atoms with van der Waals surface area (Å²) >= 11 is 0. The van der Waals surface area contributed by atoms with Gasteiger partial charge in [-0.2, -0.15) is 0 Å². The zero-order valence-electron chi connectivity index (χ0n) is 15.0. The molecule has 1 unspecified atom stereocenters. The highest BCUT2D eigenvalue weighted by Gasteiger charge is 2.12. The standard InChI is InChI=1S/C15H18N2O.2C2H6/c1-12(15-6-4-5-11-16-15)17(2)13-7-9-14(18-3)10-8-13;2*1-2/h4-12H,1-3H3;2*1-2H3. The summed E-state index contributed by atoms with van der Waals surface area (Å²) in [6.45, 7) is 10.1. The summed E-state index contributed by atoms with van der Waals surface area (Å²) in [5, 5.41) is 0. The molecule has 0 aliphatic carbocycles. The highest BCUT2D eigenvalue weighted by atomic mass is 16.5. The lowest BCUT2D eigenvalue weighted by Crippen LogP contribution is -2.22. The van der Waals surface area contributed by atoms with Gasteiger partial charge in [0.15, 0.2) is 0 Å². The van der Waals surface area contributed by atoms with Crippen molar-refractivity contribution in [2.45, 2.75) is 40.7 Å². The van der Waals surface area contributed by atoms with Crippen molar-refractivity contribution < 1.29 is 4.74 Å². The van der Waals surface area contributed by atoms with Gasteiger partial charge >= 0.3 is 0 Å². The summed E-state index contributed by atoms with van der Waals surface area (Å²) in [6.07, 6.45) is 1.83. The largest absolute Gasteiger partial charge is 0.497 e. The third-order valence-corrected chi connectivity index (χ3v) is 3.18. The molecule has 0 spiro atoms. The van der Waals surface area contributed by atoms with Crippen LogP contribution in [0.5, 0.6) is 5.75 Å². The minimum absolute atomic E-state index is 0.236.